The lowest BCUT2D eigenvalue weighted by molar-refractivity contribution is 0.384. The number of hydrogen-bond acceptors (Lipinski definition) is 3. The van der Waals surface area contributed by atoms with Gasteiger partial charge in [-0.2, -0.15) is 5.26 Å². The molecule has 6 heteroatoms. The first-order chi connectivity index (χ1) is 17.1. The fraction of sp³-hybridized carbons (Fsp3) is 0.774. The van der Waals surface area contributed by atoms with E-state index in [1.807, 2.05) is 12.1 Å². The van der Waals surface area contributed by atoms with E-state index < -0.39 is 16.6 Å². The number of nitrogens with zero attached hydrogens (tertiary/aromatic N) is 1. The van der Waals surface area contributed by atoms with Crippen LogP contribution in [0.1, 0.15) is 88.6 Å². The molecule has 0 N–H and O–H groups in total. The molecule has 0 saturated heterocycles. The zero-order chi connectivity index (χ0) is 28.4. The fourth-order valence-corrected chi connectivity index (χ4v) is 18.5. The minimum absolute atomic E-state index is 0.349. The first kappa shape index (κ1) is 34.2. The Bertz CT molecular complexity index is 722. The molecular weight excluding hydrogens is 485 g/mol. The Morgan fingerprint density at radius 3 is 1.05 bits per heavy atom. The molecule has 0 atom stereocenters. The normalized spacial score (nSPS) is 13.0. The predicted octanol–water partition coefficient (Wildman–Crippen LogP) is 9.11. The number of rotatable bonds is 17. The molecule has 0 heterocycles. The Morgan fingerprint density at radius 1 is 0.568 bits per heavy atom. The summed E-state index contributed by atoms with van der Waals surface area (Å²) in [7, 11) is -4.63. The van der Waals surface area contributed by atoms with Gasteiger partial charge in [0.2, 0.25) is 0 Å². The van der Waals surface area contributed by atoms with E-state index in [0.717, 1.165) is 41.7 Å². The minimum Gasteiger partial charge on any atom is -0.449 e. The highest BCUT2D eigenvalue weighted by molar-refractivity contribution is 6.87. The number of hydrogen-bond donors (Lipinski definition) is 0. The van der Waals surface area contributed by atoms with Crippen LogP contribution in [0.25, 0.3) is 0 Å². The molecular formula is C31H58BNO2Si2. The molecule has 3 nitrogen and oxygen atoms in total. The smallest absolute Gasteiger partial charge is 0.449 e. The summed E-state index contributed by atoms with van der Waals surface area (Å²) in [6.45, 7) is 28.2. The van der Waals surface area contributed by atoms with Gasteiger partial charge in [0.05, 0.1) is 11.6 Å². The molecule has 0 aliphatic rings. The summed E-state index contributed by atoms with van der Waals surface area (Å²) < 4.78 is 15.0. The molecule has 0 aliphatic carbocycles. The van der Waals surface area contributed by atoms with Crippen molar-refractivity contribution in [3.8, 4) is 6.07 Å². The van der Waals surface area contributed by atoms with Gasteiger partial charge >= 0.3 is 7.12 Å². The number of benzene rings is 1. The quantitative estimate of drug-likeness (QED) is 0.184. The fourth-order valence-electron chi connectivity index (χ4n) is 6.58. The van der Waals surface area contributed by atoms with Crippen molar-refractivity contribution >= 4 is 29.2 Å². The zero-order valence-electron chi connectivity index (χ0n) is 26.4. The third-order valence-corrected chi connectivity index (χ3v) is 17.5. The molecule has 1 aromatic rings. The zero-order valence-corrected chi connectivity index (χ0v) is 28.4. The van der Waals surface area contributed by atoms with E-state index in [0.29, 0.717) is 41.1 Å². The van der Waals surface area contributed by atoms with Gasteiger partial charge in [-0.15, -0.1) is 0 Å². The van der Waals surface area contributed by atoms with Gasteiger partial charge < -0.3 is 8.69 Å². The molecule has 0 fully saturated rings. The summed E-state index contributed by atoms with van der Waals surface area (Å²) in [5.41, 5.74) is 1.77. The van der Waals surface area contributed by atoms with Gasteiger partial charge in [0.25, 0.3) is 0 Å². The molecule has 0 amide bonds. The second-order valence-electron chi connectivity index (χ2n) is 14.3. The van der Waals surface area contributed by atoms with Crippen molar-refractivity contribution in [2.45, 2.75) is 119 Å². The Morgan fingerprint density at radius 2 is 0.838 bits per heavy atom. The van der Waals surface area contributed by atoms with Gasteiger partial charge in [0.15, 0.2) is 16.6 Å². The highest BCUT2D eigenvalue weighted by atomic mass is 28.4. The van der Waals surface area contributed by atoms with Crippen LogP contribution in [0.2, 0.25) is 36.3 Å². The summed E-state index contributed by atoms with van der Waals surface area (Å²) in [5.74, 6) is 3.55. The van der Waals surface area contributed by atoms with Gasteiger partial charge in [-0.05, 0) is 89.4 Å². The summed E-state index contributed by atoms with van der Waals surface area (Å²) in [4.78, 5) is 0. The van der Waals surface area contributed by atoms with Crippen molar-refractivity contribution in [2.24, 2.45) is 35.5 Å². The van der Waals surface area contributed by atoms with Crippen LogP contribution in [-0.2, 0) is 8.69 Å². The monoisotopic (exact) mass is 543 g/mol. The van der Waals surface area contributed by atoms with Crippen LogP contribution < -0.4 is 5.46 Å². The first-order valence-electron chi connectivity index (χ1n) is 15.0. The van der Waals surface area contributed by atoms with Crippen LogP contribution in [0, 0.1) is 46.8 Å². The third kappa shape index (κ3) is 12.7. The molecule has 210 valence electrons. The lowest BCUT2D eigenvalue weighted by Gasteiger charge is -2.43. The molecule has 1 aromatic carbocycles. The minimum atomic E-state index is -2.14. The van der Waals surface area contributed by atoms with Crippen molar-refractivity contribution in [2.75, 3.05) is 0 Å². The van der Waals surface area contributed by atoms with Crippen LogP contribution in [0.5, 0.6) is 0 Å². The maximum Gasteiger partial charge on any atom is 0.472 e. The molecule has 1 rings (SSSR count). The van der Waals surface area contributed by atoms with Gasteiger partial charge in [-0.25, -0.2) is 0 Å². The standard InChI is InChI=1S/C31H58BNO2Si2/c1-24(2)18-36(19-25(3)4,20-26(5)6)34-32(31-15-13-30(17-33)14-16-31)35-37(21-27(7)8,22-28(9)10)23-29(11)12/h13-16,24-29H,18-23H2,1-12H3. The number of nitriles is 1. The molecule has 0 spiro atoms. The van der Waals surface area contributed by atoms with Crippen LogP contribution in [0.15, 0.2) is 24.3 Å². The molecule has 37 heavy (non-hydrogen) atoms. The van der Waals surface area contributed by atoms with E-state index in [2.05, 4.69) is 101 Å². The van der Waals surface area contributed by atoms with Crippen LogP contribution in [0.4, 0.5) is 0 Å². The van der Waals surface area contributed by atoms with Gasteiger partial charge in [-0.3, -0.25) is 0 Å². The maximum atomic E-state index is 9.44. The molecule has 0 saturated carbocycles. The summed E-state index contributed by atoms with van der Waals surface area (Å²) >= 11 is 0. The highest BCUT2D eigenvalue weighted by Gasteiger charge is 2.46. The lowest BCUT2D eigenvalue weighted by atomic mass is 9.80. The Balaban J connectivity index is 3.72. The Labute approximate surface area is 233 Å². The third-order valence-electron chi connectivity index (χ3n) is 6.71. The topological polar surface area (TPSA) is 42.2 Å². The first-order valence-corrected chi connectivity index (χ1v) is 20.0. The highest BCUT2D eigenvalue weighted by Crippen LogP contribution is 2.37. The van der Waals surface area contributed by atoms with E-state index in [-0.39, 0.29) is 7.12 Å². The average molecular weight is 544 g/mol. The van der Waals surface area contributed by atoms with E-state index in [1.54, 1.807) is 0 Å². The van der Waals surface area contributed by atoms with Crippen LogP contribution in [0.3, 0.4) is 0 Å². The SMILES string of the molecule is CC(C)C[Si](CC(C)C)(CC(C)C)OB(O[Si](CC(C)C)(CC(C)C)CC(C)C)c1ccc(C#N)cc1. The van der Waals surface area contributed by atoms with Crippen LogP contribution in [-0.4, -0.2) is 23.8 Å². The van der Waals surface area contributed by atoms with Crippen LogP contribution >= 0.6 is 0 Å². The Kier molecular flexibility index (Phi) is 14.4. The summed E-state index contributed by atoms with van der Waals surface area (Å²) in [6.07, 6.45) is 0. The van der Waals surface area contributed by atoms with Gasteiger partial charge in [0, 0.05) is 0 Å². The second-order valence-corrected chi connectivity index (χ2v) is 21.9. The van der Waals surface area contributed by atoms with E-state index in [9.17, 15) is 5.26 Å². The molecule has 0 aliphatic heterocycles. The van der Waals surface area contributed by atoms with Crippen molar-refractivity contribution in [3.63, 3.8) is 0 Å². The van der Waals surface area contributed by atoms with E-state index >= 15 is 0 Å². The average Bonchev–Trinajstić information content (AvgIpc) is 2.69. The van der Waals surface area contributed by atoms with Crippen molar-refractivity contribution in [3.05, 3.63) is 29.8 Å². The van der Waals surface area contributed by atoms with E-state index in [4.69, 9.17) is 8.69 Å². The predicted molar refractivity (Wildman–Crippen MR) is 168 cm³/mol. The van der Waals surface area contributed by atoms with Gasteiger partial charge in [0.1, 0.15) is 0 Å². The van der Waals surface area contributed by atoms with E-state index in [1.165, 1.54) is 0 Å². The Hall–Kier alpha value is -0.871. The summed E-state index contributed by atoms with van der Waals surface area (Å²) in [6, 6.07) is 17.3. The van der Waals surface area contributed by atoms with Gasteiger partial charge in [-0.1, -0.05) is 95.2 Å². The summed E-state index contributed by atoms with van der Waals surface area (Å²) in [5, 5.41) is 9.44. The van der Waals surface area contributed by atoms with Crippen molar-refractivity contribution < 1.29 is 8.69 Å². The van der Waals surface area contributed by atoms with Crippen molar-refractivity contribution in [1.82, 2.24) is 0 Å². The van der Waals surface area contributed by atoms with Crippen molar-refractivity contribution in [1.29, 1.82) is 5.26 Å². The molecule has 0 radical (unpaired) electrons. The largest absolute Gasteiger partial charge is 0.472 e. The maximum absolute atomic E-state index is 9.44. The second kappa shape index (κ2) is 15.7. The lowest BCUT2D eigenvalue weighted by Crippen LogP contribution is -2.57. The molecule has 0 aromatic heterocycles. The molecule has 0 bridgehead atoms. The molecule has 0 unspecified atom stereocenters.